The number of nitrogens with one attached hydrogen (secondary N) is 1. The third-order valence-corrected chi connectivity index (χ3v) is 4.72. The maximum absolute atomic E-state index is 12.4. The Bertz CT molecular complexity index is 302. The Morgan fingerprint density at radius 1 is 1.32 bits per heavy atom. The molecule has 2 heterocycles. The fraction of sp³-hybridized carbons (Fsp3) is 0.933. The molecule has 3 unspecified atom stereocenters. The van der Waals surface area contributed by atoms with E-state index in [-0.39, 0.29) is 12.2 Å². The molecule has 0 bridgehead atoms. The van der Waals surface area contributed by atoms with E-state index >= 15 is 0 Å². The first-order valence-electron chi connectivity index (χ1n) is 7.92. The van der Waals surface area contributed by atoms with Gasteiger partial charge in [0.05, 0.1) is 12.2 Å². The van der Waals surface area contributed by atoms with Crippen LogP contribution in [-0.4, -0.2) is 54.1 Å². The van der Waals surface area contributed by atoms with Crippen molar-refractivity contribution in [1.29, 1.82) is 0 Å². The molecule has 0 radical (unpaired) electrons. The summed E-state index contributed by atoms with van der Waals surface area (Å²) in [7, 11) is 0. The minimum absolute atomic E-state index is 0.0341. The highest BCUT2D eigenvalue weighted by Gasteiger charge is 2.38. The van der Waals surface area contributed by atoms with Crippen LogP contribution in [0.1, 0.15) is 46.5 Å². The van der Waals surface area contributed by atoms with E-state index < -0.39 is 0 Å². The van der Waals surface area contributed by atoms with Crippen molar-refractivity contribution in [2.24, 2.45) is 5.92 Å². The predicted molar refractivity (Wildman–Crippen MR) is 77.8 cm³/mol. The standard InChI is InChI=1S/C15H29N3O/c1-4-12(2)14-15(19)18(13(3)16-14)11-7-10-17-8-5-6-9-17/h12-14,16H,4-11H2,1-3H3. The highest BCUT2D eigenvalue weighted by Crippen LogP contribution is 2.19. The molecular weight excluding hydrogens is 238 g/mol. The number of carbonyl (C=O) groups excluding carboxylic acids is 1. The summed E-state index contributed by atoms with van der Waals surface area (Å²) in [6.45, 7) is 11.0. The van der Waals surface area contributed by atoms with Crippen molar-refractivity contribution in [3.8, 4) is 0 Å². The van der Waals surface area contributed by atoms with E-state index in [2.05, 4.69) is 31.0 Å². The first-order chi connectivity index (χ1) is 9.13. The van der Waals surface area contributed by atoms with Crippen molar-refractivity contribution in [1.82, 2.24) is 15.1 Å². The number of hydrogen-bond acceptors (Lipinski definition) is 3. The summed E-state index contributed by atoms with van der Waals surface area (Å²) in [4.78, 5) is 16.9. The predicted octanol–water partition coefficient (Wildman–Crippen LogP) is 1.66. The summed E-state index contributed by atoms with van der Waals surface area (Å²) in [5, 5.41) is 3.45. The summed E-state index contributed by atoms with van der Waals surface area (Å²) in [5.41, 5.74) is 0. The van der Waals surface area contributed by atoms with Crippen LogP contribution in [0.15, 0.2) is 0 Å². The van der Waals surface area contributed by atoms with E-state index in [1.807, 2.05) is 4.90 Å². The van der Waals surface area contributed by atoms with E-state index in [9.17, 15) is 4.79 Å². The zero-order chi connectivity index (χ0) is 13.8. The zero-order valence-corrected chi connectivity index (χ0v) is 12.7. The van der Waals surface area contributed by atoms with Gasteiger partial charge in [0.15, 0.2) is 0 Å². The van der Waals surface area contributed by atoms with Gasteiger partial charge in [-0.05, 0) is 51.7 Å². The maximum atomic E-state index is 12.4. The maximum Gasteiger partial charge on any atom is 0.241 e. The average Bonchev–Trinajstić information content (AvgIpc) is 3.00. The number of likely N-dealkylation sites (tertiary alicyclic amines) is 1. The van der Waals surface area contributed by atoms with E-state index in [4.69, 9.17) is 0 Å². The molecule has 4 heteroatoms. The Balaban J connectivity index is 1.77. The van der Waals surface area contributed by atoms with Crippen molar-refractivity contribution >= 4 is 5.91 Å². The van der Waals surface area contributed by atoms with Crippen LogP contribution in [0.3, 0.4) is 0 Å². The molecule has 0 aliphatic carbocycles. The quantitative estimate of drug-likeness (QED) is 0.795. The number of carbonyl (C=O) groups is 1. The third kappa shape index (κ3) is 3.48. The molecule has 4 nitrogen and oxygen atoms in total. The molecule has 19 heavy (non-hydrogen) atoms. The highest BCUT2D eigenvalue weighted by molar-refractivity contribution is 5.84. The number of rotatable bonds is 6. The van der Waals surface area contributed by atoms with Crippen LogP contribution in [0.25, 0.3) is 0 Å². The lowest BCUT2D eigenvalue weighted by Crippen LogP contribution is -2.37. The van der Waals surface area contributed by atoms with Crippen LogP contribution in [0, 0.1) is 5.92 Å². The Morgan fingerprint density at radius 3 is 2.63 bits per heavy atom. The Morgan fingerprint density at radius 2 is 2.00 bits per heavy atom. The van der Waals surface area contributed by atoms with Crippen molar-refractivity contribution in [2.75, 3.05) is 26.2 Å². The number of hydrogen-bond donors (Lipinski definition) is 1. The van der Waals surface area contributed by atoms with Gasteiger partial charge in [0.1, 0.15) is 0 Å². The molecule has 0 aromatic rings. The second-order valence-electron chi connectivity index (χ2n) is 6.14. The lowest BCUT2D eigenvalue weighted by atomic mass is 9.99. The highest BCUT2D eigenvalue weighted by atomic mass is 16.2. The molecule has 0 spiro atoms. The van der Waals surface area contributed by atoms with Gasteiger partial charge in [-0.1, -0.05) is 20.3 Å². The molecule has 1 amide bonds. The summed E-state index contributed by atoms with van der Waals surface area (Å²) in [5.74, 6) is 0.738. The molecule has 3 atom stereocenters. The second-order valence-corrected chi connectivity index (χ2v) is 6.14. The van der Waals surface area contributed by atoms with Gasteiger partial charge in [-0.3, -0.25) is 10.1 Å². The third-order valence-electron chi connectivity index (χ3n) is 4.72. The minimum atomic E-state index is 0.0341. The minimum Gasteiger partial charge on any atom is -0.326 e. The molecule has 1 N–H and O–H groups in total. The van der Waals surface area contributed by atoms with Gasteiger partial charge >= 0.3 is 0 Å². The molecular formula is C15H29N3O. The molecule has 0 saturated carbocycles. The van der Waals surface area contributed by atoms with E-state index in [1.165, 1.54) is 25.9 Å². The van der Waals surface area contributed by atoms with Crippen molar-refractivity contribution in [2.45, 2.75) is 58.7 Å². The fourth-order valence-electron chi connectivity index (χ4n) is 3.21. The summed E-state index contributed by atoms with van der Waals surface area (Å²) in [6.07, 6.45) is 5.04. The van der Waals surface area contributed by atoms with Crippen molar-refractivity contribution < 1.29 is 4.79 Å². The van der Waals surface area contributed by atoms with Crippen LogP contribution in [0.4, 0.5) is 0 Å². The van der Waals surface area contributed by atoms with Crippen LogP contribution in [0.5, 0.6) is 0 Å². The van der Waals surface area contributed by atoms with E-state index in [0.717, 1.165) is 25.9 Å². The first kappa shape index (κ1) is 14.8. The van der Waals surface area contributed by atoms with E-state index in [1.54, 1.807) is 0 Å². The summed E-state index contributed by atoms with van der Waals surface area (Å²) < 4.78 is 0. The Kier molecular flexibility index (Phi) is 5.22. The molecule has 2 aliphatic rings. The fourth-order valence-corrected chi connectivity index (χ4v) is 3.21. The van der Waals surface area contributed by atoms with Gasteiger partial charge in [-0.15, -0.1) is 0 Å². The van der Waals surface area contributed by atoms with Crippen molar-refractivity contribution in [3.63, 3.8) is 0 Å². The van der Waals surface area contributed by atoms with Gasteiger partial charge < -0.3 is 9.80 Å². The van der Waals surface area contributed by atoms with Crippen LogP contribution >= 0.6 is 0 Å². The van der Waals surface area contributed by atoms with Gasteiger partial charge in [0, 0.05) is 6.54 Å². The molecule has 2 aliphatic heterocycles. The average molecular weight is 267 g/mol. The monoisotopic (exact) mass is 267 g/mol. The topological polar surface area (TPSA) is 35.6 Å². The number of amides is 1. The molecule has 0 aromatic carbocycles. The smallest absolute Gasteiger partial charge is 0.241 e. The lowest BCUT2D eigenvalue weighted by Gasteiger charge is -2.22. The van der Waals surface area contributed by atoms with E-state index in [0.29, 0.717) is 11.8 Å². The van der Waals surface area contributed by atoms with Gasteiger partial charge in [-0.25, -0.2) is 0 Å². The van der Waals surface area contributed by atoms with Crippen LogP contribution in [-0.2, 0) is 4.79 Å². The Hall–Kier alpha value is -0.610. The van der Waals surface area contributed by atoms with Crippen LogP contribution in [0.2, 0.25) is 0 Å². The molecule has 110 valence electrons. The largest absolute Gasteiger partial charge is 0.326 e. The van der Waals surface area contributed by atoms with Gasteiger partial charge in [-0.2, -0.15) is 0 Å². The van der Waals surface area contributed by atoms with Crippen molar-refractivity contribution in [3.05, 3.63) is 0 Å². The normalized spacial score (nSPS) is 30.3. The Labute approximate surface area is 117 Å². The number of nitrogens with zero attached hydrogens (tertiary/aromatic N) is 2. The summed E-state index contributed by atoms with van der Waals surface area (Å²) >= 11 is 0. The molecule has 0 aromatic heterocycles. The molecule has 2 rings (SSSR count). The zero-order valence-electron chi connectivity index (χ0n) is 12.7. The summed E-state index contributed by atoms with van der Waals surface area (Å²) in [6, 6.07) is 0.0341. The van der Waals surface area contributed by atoms with Gasteiger partial charge in [0.25, 0.3) is 0 Å². The second kappa shape index (κ2) is 6.71. The van der Waals surface area contributed by atoms with Crippen LogP contribution < -0.4 is 5.32 Å². The molecule has 2 fully saturated rings. The SMILES string of the molecule is CCC(C)C1NC(C)N(CCCN2CCCC2)C1=O. The lowest BCUT2D eigenvalue weighted by molar-refractivity contribution is -0.130. The first-order valence-corrected chi connectivity index (χ1v) is 7.92. The molecule has 2 saturated heterocycles. The van der Waals surface area contributed by atoms with Gasteiger partial charge in [0.2, 0.25) is 5.91 Å².